The Morgan fingerprint density at radius 1 is 1.19 bits per heavy atom. The zero-order chi connectivity index (χ0) is 12.8. The lowest BCUT2D eigenvalue weighted by molar-refractivity contribution is 0.818. The highest BCUT2D eigenvalue weighted by atomic mass is 35.5. The SMILES string of the molecule is C=CC.CNC.CNCc1ccc(Cl)cc1. The van der Waals surface area contributed by atoms with Gasteiger partial charge in [-0.1, -0.05) is 29.8 Å². The van der Waals surface area contributed by atoms with Gasteiger partial charge in [0.15, 0.2) is 0 Å². The summed E-state index contributed by atoms with van der Waals surface area (Å²) < 4.78 is 0. The summed E-state index contributed by atoms with van der Waals surface area (Å²) in [5, 5.41) is 6.60. The van der Waals surface area contributed by atoms with Crippen molar-refractivity contribution in [1.29, 1.82) is 0 Å². The van der Waals surface area contributed by atoms with Crippen molar-refractivity contribution in [2.24, 2.45) is 0 Å². The first-order valence-electron chi connectivity index (χ1n) is 5.20. The average molecular weight is 243 g/mol. The molecule has 2 nitrogen and oxygen atoms in total. The molecule has 0 saturated heterocycles. The predicted octanol–water partition coefficient (Wildman–Crippen LogP) is 3.09. The second-order valence-electron chi connectivity index (χ2n) is 3.07. The van der Waals surface area contributed by atoms with Crippen molar-refractivity contribution >= 4 is 11.6 Å². The van der Waals surface area contributed by atoms with Gasteiger partial charge in [0.2, 0.25) is 0 Å². The maximum absolute atomic E-state index is 5.69. The van der Waals surface area contributed by atoms with Gasteiger partial charge in [-0.2, -0.15) is 0 Å². The van der Waals surface area contributed by atoms with E-state index in [1.165, 1.54) is 5.56 Å². The van der Waals surface area contributed by atoms with E-state index < -0.39 is 0 Å². The van der Waals surface area contributed by atoms with Gasteiger partial charge in [-0.15, -0.1) is 6.58 Å². The number of benzene rings is 1. The second kappa shape index (κ2) is 14.2. The third-order valence-corrected chi connectivity index (χ3v) is 1.55. The molecule has 0 bridgehead atoms. The van der Waals surface area contributed by atoms with Gasteiger partial charge in [0, 0.05) is 11.6 Å². The van der Waals surface area contributed by atoms with Crippen molar-refractivity contribution in [2.75, 3.05) is 21.1 Å². The highest BCUT2D eigenvalue weighted by molar-refractivity contribution is 6.30. The molecule has 0 saturated carbocycles. The molecule has 0 aliphatic rings. The van der Waals surface area contributed by atoms with Gasteiger partial charge in [-0.05, 0) is 45.8 Å². The molecule has 0 spiro atoms. The predicted molar refractivity (Wildman–Crippen MR) is 75.1 cm³/mol. The van der Waals surface area contributed by atoms with Crippen LogP contribution < -0.4 is 10.6 Å². The molecule has 3 heteroatoms. The third kappa shape index (κ3) is 13.2. The van der Waals surface area contributed by atoms with Crippen LogP contribution in [0, 0.1) is 0 Å². The fourth-order valence-corrected chi connectivity index (χ4v) is 0.932. The van der Waals surface area contributed by atoms with Gasteiger partial charge in [0.05, 0.1) is 0 Å². The monoisotopic (exact) mass is 242 g/mol. The van der Waals surface area contributed by atoms with Crippen molar-refractivity contribution in [3.8, 4) is 0 Å². The lowest BCUT2D eigenvalue weighted by Gasteiger charge is -1.97. The van der Waals surface area contributed by atoms with Crippen molar-refractivity contribution in [2.45, 2.75) is 13.5 Å². The summed E-state index contributed by atoms with van der Waals surface area (Å²) in [6, 6.07) is 7.82. The molecule has 0 aromatic heterocycles. The Bertz CT molecular complexity index is 245. The number of nitrogens with one attached hydrogen (secondary N) is 2. The van der Waals surface area contributed by atoms with E-state index >= 15 is 0 Å². The van der Waals surface area contributed by atoms with Crippen molar-refractivity contribution < 1.29 is 0 Å². The highest BCUT2D eigenvalue weighted by Gasteiger charge is 1.88. The van der Waals surface area contributed by atoms with Crippen molar-refractivity contribution in [3.05, 3.63) is 47.5 Å². The highest BCUT2D eigenvalue weighted by Crippen LogP contribution is 2.08. The Kier molecular flexibility index (Phi) is 15.6. The summed E-state index contributed by atoms with van der Waals surface area (Å²) in [5.41, 5.74) is 1.26. The molecule has 0 aliphatic carbocycles. The average Bonchev–Trinajstić information content (AvgIpc) is 2.24. The van der Waals surface area contributed by atoms with Crippen LogP contribution in [0.1, 0.15) is 12.5 Å². The van der Waals surface area contributed by atoms with Crippen LogP contribution >= 0.6 is 11.6 Å². The van der Waals surface area contributed by atoms with E-state index in [1.54, 1.807) is 6.08 Å². The summed E-state index contributed by atoms with van der Waals surface area (Å²) >= 11 is 5.69. The molecule has 1 aromatic carbocycles. The summed E-state index contributed by atoms with van der Waals surface area (Å²) in [4.78, 5) is 0. The van der Waals surface area contributed by atoms with Crippen LogP contribution in [0.3, 0.4) is 0 Å². The summed E-state index contributed by atoms with van der Waals surface area (Å²) in [6.07, 6.45) is 1.75. The zero-order valence-corrected chi connectivity index (χ0v) is 11.4. The first kappa shape index (κ1) is 17.6. The zero-order valence-electron chi connectivity index (χ0n) is 10.7. The van der Waals surface area contributed by atoms with Gasteiger partial charge >= 0.3 is 0 Å². The minimum atomic E-state index is 0.792. The van der Waals surface area contributed by atoms with Crippen LogP contribution in [0.5, 0.6) is 0 Å². The molecule has 1 rings (SSSR count). The molecule has 0 heterocycles. The van der Waals surface area contributed by atoms with E-state index in [9.17, 15) is 0 Å². The largest absolute Gasteiger partial charge is 0.323 e. The summed E-state index contributed by atoms with van der Waals surface area (Å²) in [7, 11) is 5.68. The maximum atomic E-state index is 5.69. The normalized spacial score (nSPS) is 8.06. The number of hydrogen-bond donors (Lipinski definition) is 2. The third-order valence-electron chi connectivity index (χ3n) is 1.29. The van der Waals surface area contributed by atoms with Crippen molar-refractivity contribution in [3.63, 3.8) is 0 Å². The standard InChI is InChI=1S/C8H10ClN.C3H6.C2H7N/c1-10-6-7-2-4-8(9)5-3-7;2*1-3-2/h2-5,10H,6H2,1H3;3H,1H2,2H3;3H,1-2H3. The number of halogens is 1. The van der Waals surface area contributed by atoms with Crippen LogP contribution in [0.15, 0.2) is 36.9 Å². The summed E-state index contributed by atoms with van der Waals surface area (Å²) in [5.74, 6) is 0. The fourth-order valence-electron chi connectivity index (χ4n) is 0.806. The maximum Gasteiger partial charge on any atom is 0.0406 e. The first-order valence-corrected chi connectivity index (χ1v) is 5.58. The molecule has 0 amide bonds. The number of allylic oxidation sites excluding steroid dienone is 1. The van der Waals surface area contributed by atoms with Crippen LogP contribution in [-0.4, -0.2) is 21.1 Å². The van der Waals surface area contributed by atoms with E-state index in [4.69, 9.17) is 11.6 Å². The molecular weight excluding hydrogens is 220 g/mol. The number of rotatable bonds is 2. The van der Waals surface area contributed by atoms with E-state index in [0.29, 0.717) is 0 Å². The Labute approximate surface area is 105 Å². The van der Waals surface area contributed by atoms with E-state index in [1.807, 2.05) is 52.3 Å². The Morgan fingerprint density at radius 2 is 1.56 bits per heavy atom. The molecule has 0 radical (unpaired) electrons. The van der Waals surface area contributed by atoms with Gasteiger partial charge in [0.1, 0.15) is 0 Å². The molecule has 0 aliphatic heterocycles. The molecule has 16 heavy (non-hydrogen) atoms. The van der Waals surface area contributed by atoms with Crippen LogP contribution in [-0.2, 0) is 6.54 Å². The van der Waals surface area contributed by atoms with Gasteiger partial charge < -0.3 is 10.6 Å². The smallest absolute Gasteiger partial charge is 0.0406 e. The quantitative estimate of drug-likeness (QED) is 0.779. The topological polar surface area (TPSA) is 24.1 Å². The lowest BCUT2D eigenvalue weighted by Crippen LogP contribution is -2.04. The Hall–Kier alpha value is -0.830. The Balaban J connectivity index is 0. The van der Waals surface area contributed by atoms with Crippen LogP contribution in [0.2, 0.25) is 5.02 Å². The molecule has 0 fully saturated rings. The molecule has 1 aromatic rings. The number of hydrogen-bond acceptors (Lipinski definition) is 2. The van der Waals surface area contributed by atoms with E-state index in [-0.39, 0.29) is 0 Å². The Morgan fingerprint density at radius 3 is 1.88 bits per heavy atom. The molecule has 0 unspecified atom stereocenters. The van der Waals surface area contributed by atoms with Crippen LogP contribution in [0.4, 0.5) is 0 Å². The van der Waals surface area contributed by atoms with Gasteiger partial charge in [-0.25, -0.2) is 0 Å². The lowest BCUT2D eigenvalue weighted by atomic mass is 10.2. The van der Waals surface area contributed by atoms with Gasteiger partial charge in [0.25, 0.3) is 0 Å². The molecule has 2 N–H and O–H groups in total. The van der Waals surface area contributed by atoms with E-state index in [0.717, 1.165) is 11.6 Å². The minimum Gasteiger partial charge on any atom is -0.323 e. The molecule has 92 valence electrons. The molecular formula is C13H23ClN2. The fraction of sp³-hybridized carbons (Fsp3) is 0.385. The van der Waals surface area contributed by atoms with Crippen molar-refractivity contribution in [1.82, 2.24) is 10.6 Å². The minimum absolute atomic E-state index is 0.792. The second-order valence-corrected chi connectivity index (χ2v) is 3.50. The molecule has 0 atom stereocenters. The first-order chi connectivity index (χ1) is 7.65. The van der Waals surface area contributed by atoms with Crippen LogP contribution in [0.25, 0.3) is 0 Å². The van der Waals surface area contributed by atoms with E-state index in [2.05, 4.69) is 17.2 Å². The van der Waals surface area contributed by atoms with Gasteiger partial charge in [-0.3, -0.25) is 0 Å². The summed E-state index contributed by atoms with van der Waals surface area (Å²) in [6.45, 7) is 6.15.